The molecule has 2 heterocycles. The number of rotatable bonds is 5. The Hall–Kier alpha value is -2.45. The fraction of sp³-hybridized carbons (Fsp3) is 0.200. The normalized spacial score (nSPS) is 11.0. The molecule has 7 nitrogen and oxygen atoms in total. The van der Waals surface area contributed by atoms with E-state index in [-0.39, 0.29) is 17.7 Å². The SMILES string of the molecule is COCc1cc(=O)[nH]c(SCc2nc3ccccc3c(=O)[nH]2)n1. The van der Waals surface area contributed by atoms with Crippen LogP contribution in [-0.4, -0.2) is 27.0 Å². The number of fused-ring (bicyclic) bond motifs is 1. The monoisotopic (exact) mass is 330 g/mol. The number of thioether (sulfide) groups is 1. The molecule has 0 saturated carbocycles. The minimum Gasteiger partial charge on any atom is -0.378 e. The van der Waals surface area contributed by atoms with Crippen LogP contribution in [0.5, 0.6) is 0 Å². The minimum atomic E-state index is -0.241. The first kappa shape index (κ1) is 15.4. The second-order valence-corrected chi connectivity index (χ2v) is 5.76. The van der Waals surface area contributed by atoms with E-state index in [9.17, 15) is 9.59 Å². The van der Waals surface area contributed by atoms with Crippen LogP contribution < -0.4 is 11.1 Å². The average Bonchev–Trinajstić information content (AvgIpc) is 2.53. The number of benzene rings is 1. The van der Waals surface area contributed by atoms with Crippen molar-refractivity contribution >= 4 is 22.7 Å². The topological polar surface area (TPSA) is 101 Å². The minimum absolute atomic E-state index is 0.180. The maximum atomic E-state index is 12.0. The number of ether oxygens (including phenoxy) is 1. The van der Waals surface area contributed by atoms with Gasteiger partial charge in [-0.2, -0.15) is 0 Å². The largest absolute Gasteiger partial charge is 0.378 e. The Balaban J connectivity index is 1.83. The summed E-state index contributed by atoms with van der Waals surface area (Å²) in [6.07, 6.45) is 0. The highest BCUT2D eigenvalue weighted by Crippen LogP contribution is 2.17. The van der Waals surface area contributed by atoms with Gasteiger partial charge in [-0.3, -0.25) is 9.59 Å². The van der Waals surface area contributed by atoms with E-state index in [4.69, 9.17) is 4.74 Å². The predicted octanol–water partition coefficient (Wildman–Crippen LogP) is 1.45. The maximum absolute atomic E-state index is 12.0. The van der Waals surface area contributed by atoms with E-state index in [2.05, 4.69) is 19.9 Å². The molecule has 0 spiro atoms. The van der Waals surface area contributed by atoms with Crippen molar-refractivity contribution in [3.8, 4) is 0 Å². The lowest BCUT2D eigenvalue weighted by atomic mass is 10.2. The molecule has 0 saturated heterocycles. The van der Waals surface area contributed by atoms with Gasteiger partial charge >= 0.3 is 0 Å². The van der Waals surface area contributed by atoms with Gasteiger partial charge in [-0.05, 0) is 12.1 Å². The van der Waals surface area contributed by atoms with Crippen molar-refractivity contribution < 1.29 is 4.74 Å². The van der Waals surface area contributed by atoms with Gasteiger partial charge in [0.25, 0.3) is 11.1 Å². The molecule has 23 heavy (non-hydrogen) atoms. The molecule has 0 fully saturated rings. The van der Waals surface area contributed by atoms with Gasteiger partial charge < -0.3 is 14.7 Å². The molecule has 1 aromatic carbocycles. The van der Waals surface area contributed by atoms with Crippen molar-refractivity contribution in [2.24, 2.45) is 0 Å². The Morgan fingerprint density at radius 2 is 2.00 bits per heavy atom. The van der Waals surface area contributed by atoms with Crippen LogP contribution in [0.1, 0.15) is 11.5 Å². The van der Waals surface area contributed by atoms with Gasteiger partial charge in [0, 0.05) is 13.2 Å². The van der Waals surface area contributed by atoms with Crippen LogP contribution in [0.2, 0.25) is 0 Å². The molecule has 0 amide bonds. The molecule has 118 valence electrons. The lowest BCUT2D eigenvalue weighted by Gasteiger charge is -2.04. The van der Waals surface area contributed by atoms with E-state index < -0.39 is 0 Å². The van der Waals surface area contributed by atoms with Gasteiger partial charge in [0.05, 0.1) is 29.0 Å². The third-order valence-electron chi connectivity index (χ3n) is 3.07. The zero-order valence-electron chi connectivity index (χ0n) is 12.3. The molecule has 0 aliphatic carbocycles. The van der Waals surface area contributed by atoms with Crippen molar-refractivity contribution in [3.63, 3.8) is 0 Å². The highest BCUT2D eigenvalue weighted by Gasteiger charge is 2.06. The van der Waals surface area contributed by atoms with Crippen molar-refractivity contribution in [1.82, 2.24) is 19.9 Å². The Morgan fingerprint density at radius 3 is 2.83 bits per heavy atom. The standard InChI is InChI=1S/C15H14N4O3S/c1-22-7-9-6-13(20)19-15(16-9)23-8-12-17-11-5-3-2-4-10(11)14(21)18-12/h2-6H,7-8H2,1H3,(H,16,19,20)(H,17,18,21). The number of aromatic nitrogens is 4. The number of nitrogens with one attached hydrogen (secondary N) is 2. The summed E-state index contributed by atoms with van der Waals surface area (Å²) in [6, 6.07) is 8.54. The molecular weight excluding hydrogens is 316 g/mol. The predicted molar refractivity (Wildman–Crippen MR) is 87.5 cm³/mol. The number of nitrogens with zero attached hydrogens (tertiary/aromatic N) is 2. The lowest BCUT2D eigenvalue weighted by molar-refractivity contribution is 0.180. The first-order valence-electron chi connectivity index (χ1n) is 6.85. The molecule has 8 heteroatoms. The second kappa shape index (κ2) is 6.76. The zero-order chi connectivity index (χ0) is 16.2. The van der Waals surface area contributed by atoms with Gasteiger partial charge in [-0.1, -0.05) is 23.9 Å². The number of hydrogen-bond donors (Lipinski definition) is 2. The second-order valence-electron chi connectivity index (χ2n) is 4.79. The van der Waals surface area contributed by atoms with Crippen LogP contribution in [0.3, 0.4) is 0 Å². The molecule has 3 rings (SSSR count). The van der Waals surface area contributed by atoms with Gasteiger partial charge in [0.1, 0.15) is 5.82 Å². The number of para-hydroxylation sites is 1. The zero-order valence-corrected chi connectivity index (χ0v) is 13.1. The highest BCUT2D eigenvalue weighted by molar-refractivity contribution is 7.98. The van der Waals surface area contributed by atoms with E-state index in [0.717, 1.165) is 0 Å². The molecule has 2 N–H and O–H groups in total. The number of methoxy groups -OCH3 is 1. The quantitative estimate of drug-likeness (QED) is 0.542. The first-order valence-corrected chi connectivity index (χ1v) is 7.84. The summed E-state index contributed by atoms with van der Waals surface area (Å²) >= 11 is 1.29. The number of aromatic amines is 2. The van der Waals surface area contributed by atoms with E-state index >= 15 is 0 Å². The van der Waals surface area contributed by atoms with Gasteiger partial charge in [0.15, 0.2) is 5.16 Å². The van der Waals surface area contributed by atoms with Crippen LogP contribution in [0.25, 0.3) is 10.9 Å². The molecule has 0 aliphatic rings. The van der Waals surface area contributed by atoms with Crippen LogP contribution in [-0.2, 0) is 17.1 Å². The van der Waals surface area contributed by atoms with Crippen LogP contribution in [0.4, 0.5) is 0 Å². The Kier molecular flexibility index (Phi) is 4.54. The van der Waals surface area contributed by atoms with E-state index in [1.54, 1.807) is 25.3 Å². The summed E-state index contributed by atoms with van der Waals surface area (Å²) in [5.41, 5.74) is 0.774. The number of H-pyrrole nitrogens is 2. The Bertz CT molecular complexity index is 951. The van der Waals surface area contributed by atoms with Crippen LogP contribution in [0, 0.1) is 0 Å². The average molecular weight is 330 g/mol. The van der Waals surface area contributed by atoms with Gasteiger partial charge in [-0.15, -0.1) is 0 Å². The fourth-order valence-electron chi connectivity index (χ4n) is 2.11. The third kappa shape index (κ3) is 3.66. The molecular formula is C15H14N4O3S. The third-order valence-corrected chi connectivity index (χ3v) is 3.96. The summed E-state index contributed by atoms with van der Waals surface area (Å²) in [6.45, 7) is 0.266. The van der Waals surface area contributed by atoms with E-state index in [1.165, 1.54) is 17.8 Å². The molecule has 0 aliphatic heterocycles. The lowest BCUT2D eigenvalue weighted by Crippen LogP contribution is -2.12. The molecule has 0 radical (unpaired) electrons. The summed E-state index contributed by atoms with van der Waals surface area (Å²) in [4.78, 5) is 37.7. The molecule has 0 atom stereocenters. The van der Waals surface area contributed by atoms with Crippen LogP contribution in [0.15, 0.2) is 45.1 Å². The van der Waals surface area contributed by atoms with Gasteiger partial charge in [-0.25, -0.2) is 9.97 Å². The maximum Gasteiger partial charge on any atom is 0.258 e. The van der Waals surface area contributed by atoms with Crippen molar-refractivity contribution in [2.45, 2.75) is 17.5 Å². The highest BCUT2D eigenvalue weighted by atomic mass is 32.2. The molecule has 2 aromatic heterocycles. The Labute approximate surface area is 135 Å². The summed E-state index contributed by atoms with van der Waals surface area (Å²) in [5, 5.41) is 1.01. The molecule has 0 bridgehead atoms. The van der Waals surface area contributed by atoms with Crippen molar-refractivity contribution in [1.29, 1.82) is 0 Å². The van der Waals surface area contributed by atoms with E-state index in [1.807, 2.05) is 6.07 Å². The van der Waals surface area contributed by atoms with Crippen LogP contribution >= 0.6 is 11.8 Å². The molecule has 0 unspecified atom stereocenters. The van der Waals surface area contributed by atoms with Gasteiger partial charge in [0.2, 0.25) is 0 Å². The smallest absolute Gasteiger partial charge is 0.258 e. The summed E-state index contributed by atoms with van der Waals surface area (Å²) < 4.78 is 4.98. The first-order chi connectivity index (χ1) is 11.2. The molecule has 3 aromatic rings. The fourth-order valence-corrected chi connectivity index (χ4v) is 2.88. The van der Waals surface area contributed by atoms with E-state index in [0.29, 0.717) is 33.3 Å². The number of hydrogen-bond acceptors (Lipinski definition) is 6. The van der Waals surface area contributed by atoms with Crippen molar-refractivity contribution in [2.75, 3.05) is 7.11 Å². The van der Waals surface area contributed by atoms with Crippen molar-refractivity contribution in [3.05, 3.63) is 62.6 Å². The summed E-state index contributed by atoms with van der Waals surface area (Å²) in [5.74, 6) is 0.915. The Morgan fingerprint density at radius 1 is 1.17 bits per heavy atom. The summed E-state index contributed by atoms with van der Waals surface area (Å²) in [7, 11) is 1.54.